The smallest absolute Gasteiger partial charge is 0.136 e. The van der Waals surface area contributed by atoms with Crippen LogP contribution in [-0.4, -0.2) is 0 Å². The van der Waals surface area contributed by atoms with Crippen molar-refractivity contribution in [1.29, 1.82) is 0 Å². The third-order valence-electron chi connectivity index (χ3n) is 11.1. The monoisotopic (exact) mass is 745 g/mol. The molecule has 2 heterocycles. The highest BCUT2D eigenvalue weighted by Crippen LogP contribution is 2.39. The molecule has 8 aromatic carbocycles. The lowest BCUT2D eigenvalue weighted by Crippen LogP contribution is -2.14. The van der Waals surface area contributed by atoms with Crippen LogP contribution in [0.15, 0.2) is 227 Å². The molecule has 0 unspecified atom stereocenters. The van der Waals surface area contributed by atoms with Crippen LogP contribution in [0.25, 0.3) is 82.8 Å². The van der Waals surface area contributed by atoms with Gasteiger partial charge in [0.05, 0.1) is 0 Å². The highest BCUT2D eigenvalue weighted by atomic mass is 16.3. The Morgan fingerprint density at radius 3 is 1.50 bits per heavy atom. The fourth-order valence-electron chi connectivity index (χ4n) is 8.22. The lowest BCUT2D eigenvalue weighted by Gasteiger charge is -2.26. The first kappa shape index (κ1) is 34.8. The molecule has 0 aliphatic carbocycles. The molecular weight excluding hydrogens is 707 g/mol. The Hall–Kier alpha value is -7.62. The first-order valence-corrected chi connectivity index (χ1v) is 19.6. The van der Waals surface area contributed by atoms with Gasteiger partial charge in [-0.3, -0.25) is 0 Å². The molecule has 0 atom stereocenters. The number of allylic oxidation sites excluding steroid dienone is 5. The van der Waals surface area contributed by atoms with Crippen LogP contribution >= 0.6 is 0 Å². The number of rotatable bonds is 9. The van der Waals surface area contributed by atoms with Gasteiger partial charge in [-0.1, -0.05) is 158 Å². The molecule has 0 fully saturated rings. The number of furan rings is 2. The van der Waals surface area contributed by atoms with Crippen LogP contribution < -0.4 is 4.90 Å². The number of nitrogens with zero attached hydrogens (tertiary/aromatic N) is 1. The summed E-state index contributed by atoms with van der Waals surface area (Å²) in [6.07, 6.45) is 6.27. The number of fused-ring (bicyclic) bond motifs is 6. The number of anilines is 2. The summed E-state index contributed by atoms with van der Waals surface area (Å²) >= 11 is 0. The van der Waals surface area contributed by atoms with Crippen molar-refractivity contribution in [2.75, 3.05) is 4.90 Å². The number of para-hydroxylation sites is 2. The van der Waals surface area contributed by atoms with Crippen molar-refractivity contribution in [1.82, 2.24) is 0 Å². The maximum Gasteiger partial charge on any atom is 0.136 e. The van der Waals surface area contributed by atoms with Gasteiger partial charge in [-0.15, -0.1) is 0 Å². The van der Waals surface area contributed by atoms with Crippen LogP contribution in [0, 0.1) is 0 Å². The van der Waals surface area contributed by atoms with E-state index >= 15 is 0 Å². The topological polar surface area (TPSA) is 29.5 Å². The summed E-state index contributed by atoms with van der Waals surface area (Å²) in [5, 5.41) is 4.44. The van der Waals surface area contributed by atoms with Gasteiger partial charge in [-0.05, 0) is 106 Å². The average Bonchev–Trinajstić information content (AvgIpc) is 3.87. The Morgan fingerprint density at radius 2 is 0.897 bits per heavy atom. The molecule has 0 aliphatic heterocycles. The van der Waals surface area contributed by atoms with Gasteiger partial charge in [0.25, 0.3) is 0 Å². The maximum atomic E-state index is 6.23. The molecule has 0 radical (unpaired) electrons. The van der Waals surface area contributed by atoms with Crippen molar-refractivity contribution in [3.63, 3.8) is 0 Å². The zero-order valence-electron chi connectivity index (χ0n) is 32.1. The van der Waals surface area contributed by atoms with Crippen LogP contribution in [0.2, 0.25) is 0 Å². The van der Waals surface area contributed by atoms with Crippen molar-refractivity contribution >= 4 is 60.8 Å². The second kappa shape index (κ2) is 14.8. The van der Waals surface area contributed by atoms with Crippen LogP contribution in [0.3, 0.4) is 0 Å². The molecule has 0 saturated heterocycles. The summed E-state index contributed by atoms with van der Waals surface area (Å²) in [6, 6.07) is 66.0. The van der Waals surface area contributed by atoms with Crippen LogP contribution in [0.4, 0.5) is 11.4 Å². The fourth-order valence-corrected chi connectivity index (χ4v) is 8.22. The maximum absolute atomic E-state index is 6.23. The highest BCUT2D eigenvalue weighted by molar-refractivity contribution is 6.13. The molecule has 3 heteroatoms. The summed E-state index contributed by atoms with van der Waals surface area (Å²) < 4.78 is 12.5. The molecule has 10 rings (SSSR count). The first-order valence-electron chi connectivity index (χ1n) is 19.6. The lowest BCUT2D eigenvalue weighted by atomic mass is 9.98. The summed E-state index contributed by atoms with van der Waals surface area (Å²) in [5.74, 6) is 0. The Kier molecular flexibility index (Phi) is 8.89. The molecule has 0 amide bonds. The third kappa shape index (κ3) is 6.29. The van der Waals surface area contributed by atoms with Gasteiger partial charge >= 0.3 is 0 Å². The van der Waals surface area contributed by atoms with Gasteiger partial charge in [0.1, 0.15) is 22.3 Å². The molecule has 0 aliphatic rings. The molecular formula is C55H39NO2. The van der Waals surface area contributed by atoms with Gasteiger partial charge in [-0.2, -0.15) is 0 Å². The van der Waals surface area contributed by atoms with Crippen LogP contribution in [0.5, 0.6) is 0 Å². The quantitative estimate of drug-likeness (QED) is 0.138. The summed E-state index contributed by atoms with van der Waals surface area (Å²) in [4.78, 5) is 2.31. The van der Waals surface area contributed by atoms with Gasteiger partial charge in [0.15, 0.2) is 0 Å². The Labute approximate surface area is 337 Å². The summed E-state index contributed by atoms with van der Waals surface area (Å²) in [7, 11) is 0. The van der Waals surface area contributed by atoms with Crippen molar-refractivity contribution in [2.24, 2.45) is 0 Å². The van der Waals surface area contributed by atoms with E-state index in [1.807, 2.05) is 48.5 Å². The van der Waals surface area contributed by atoms with Crippen LogP contribution in [0.1, 0.15) is 12.5 Å². The van der Waals surface area contributed by atoms with Crippen molar-refractivity contribution in [2.45, 2.75) is 6.92 Å². The predicted molar refractivity (Wildman–Crippen MR) is 244 cm³/mol. The van der Waals surface area contributed by atoms with E-state index in [1.165, 1.54) is 16.7 Å². The molecule has 0 saturated carbocycles. The lowest BCUT2D eigenvalue weighted by molar-refractivity contribution is 0.668. The average molecular weight is 746 g/mol. The van der Waals surface area contributed by atoms with Gasteiger partial charge in [0, 0.05) is 38.6 Å². The zero-order chi connectivity index (χ0) is 39.0. The van der Waals surface area contributed by atoms with Crippen molar-refractivity contribution in [3.05, 3.63) is 224 Å². The van der Waals surface area contributed by atoms with Gasteiger partial charge < -0.3 is 13.7 Å². The minimum atomic E-state index is 0.864. The van der Waals surface area contributed by atoms with E-state index in [0.717, 1.165) is 88.8 Å². The number of benzene rings is 8. The van der Waals surface area contributed by atoms with Crippen molar-refractivity contribution in [3.8, 4) is 33.4 Å². The largest absolute Gasteiger partial charge is 0.456 e. The minimum Gasteiger partial charge on any atom is -0.456 e. The molecule has 0 bridgehead atoms. The summed E-state index contributed by atoms with van der Waals surface area (Å²) in [6.45, 7) is 6.40. The SMILES string of the molecule is C=C/C(=C\C=C(/C)N(c1ccc(-c2ccc(-c3ccccc3)cc2)cc1)c1ccc(-c2cccc3oc4ccccc4c23)cc1)c1cccc2oc3ccccc3c12. The molecule has 10 aromatic rings. The minimum absolute atomic E-state index is 0.864. The Balaban J connectivity index is 1.04. The molecule has 0 spiro atoms. The van der Waals surface area contributed by atoms with E-state index in [9.17, 15) is 0 Å². The van der Waals surface area contributed by atoms with E-state index in [-0.39, 0.29) is 0 Å². The molecule has 3 nitrogen and oxygen atoms in total. The van der Waals surface area contributed by atoms with E-state index in [1.54, 1.807) is 0 Å². The molecule has 276 valence electrons. The van der Waals surface area contributed by atoms with Gasteiger partial charge in [0.2, 0.25) is 0 Å². The van der Waals surface area contributed by atoms with Crippen molar-refractivity contribution < 1.29 is 8.83 Å². The van der Waals surface area contributed by atoms with Crippen LogP contribution in [-0.2, 0) is 0 Å². The number of hydrogen-bond acceptors (Lipinski definition) is 3. The Bertz CT molecular complexity index is 3160. The Morgan fingerprint density at radius 1 is 0.431 bits per heavy atom. The standard InChI is InChI=1S/C55H39NO2/c1-3-38(46-17-11-21-52-54(46)48-15-7-9-19-50(48)57-52)24-23-37(2)56(44-33-29-42(30-34-44)41-27-25-40(26-28-41)39-13-5-4-6-14-39)45-35-31-43(32-36-45)47-18-12-22-53-55(47)49-16-8-10-20-51(49)58-53/h3-36H,1H2,2H3/b37-23+,38-24+. The first-order chi connectivity index (χ1) is 28.6. The third-order valence-corrected chi connectivity index (χ3v) is 11.1. The number of hydrogen-bond donors (Lipinski definition) is 0. The fraction of sp³-hybridized carbons (Fsp3) is 0.0182. The van der Waals surface area contributed by atoms with E-state index in [4.69, 9.17) is 8.83 Å². The summed E-state index contributed by atoms with van der Waals surface area (Å²) in [5.41, 5.74) is 15.8. The van der Waals surface area contributed by atoms with E-state index in [0.29, 0.717) is 0 Å². The molecule has 0 N–H and O–H groups in total. The zero-order valence-corrected chi connectivity index (χ0v) is 32.1. The molecule has 2 aromatic heterocycles. The van der Waals surface area contributed by atoms with Gasteiger partial charge in [-0.25, -0.2) is 0 Å². The molecule has 58 heavy (non-hydrogen) atoms. The van der Waals surface area contributed by atoms with E-state index < -0.39 is 0 Å². The normalized spacial score (nSPS) is 12.2. The predicted octanol–water partition coefficient (Wildman–Crippen LogP) is 15.8. The van der Waals surface area contributed by atoms with E-state index in [2.05, 4.69) is 176 Å². The second-order valence-electron chi connectivity index (χ2n) is 14.6. The second-order valence-corrected chi connectivity index (χ2v) is 14.6. The highest BCUT2D eigenvalue weighted by Gasteiger charge is 2.16.